The number of nitrogens with zero attached hydrogens (tertiary/aromatic N) is 3. The number of fused-ring (bicyclic) bond motifs is 1. The molecule has 8 nitrogen and oxygen atoms in total. The summed E-state index contributed by atoms with van der Waals surface area (Å²) in [5, 5.41) is 3.40. The SMILES string of the molecule is CN1CCc2nc(NC(=O)c3ccc(S(=O)(=O)N4CCOCC4)cc3)sc2C1.Cl. The van der Waals surface area contributed by atoms with Crippen molar-refractivity contribution in [1.82, 2.24) is 14.2 Å². The molecule has 1 fully saturated rings. The molecule has 0 atom stereocenters. The van der Waals surface area contributed by atoms with Crippen LogP contribution in [-0.2, 0) is 27.7 Å². The average molecular weight is 459 g/mol. The van der Waals surface area contributed by atoms with Gasteiger partial charge in [0.25, 0.3) is 5.91 Å². The molecule has 0 aliphatic carbocycles. The Bertz CT molecular complexity index is 972. The van der Waals surface area contributed by atoms with Gasteiger partial charge in [0.1, 0.15) is 0 Å². The third kappa shape index (κ3) is 4.79. The fourth-order valence-electron chi connectivity index (χ4n) is 3.26. The van der Waals surface area contributed by atoms with Gasteiger partial charge in [-0.15, -0.1) is 23.7 Å². The number of morpholine rings is 1. The quantitative estimate of drug-likeness (QED) is 0.751. The standard InChI is InChI=1S/C18H22N4O4S2.ClH/c1-21-7-6-15-16(12-21)27-18(19-15)20-17(23)13-2-4-14(5-3-13)28(24,25)22-8-10-26-11-9-22;/h2-5H,6-12H2,1H3,(H,19,20,23);1H. The topological polar surface area (TPSA) is 91.8 Å². The number of thiazole rings is 1. The van der Waals surface area contributed by atoms with Gasteiger partial charge in [-0.3, -0.25) is 10.1 Å². The smallest absolute Gasteiger partial charge is 0.257 e. The molecule has 1 N–H and O–H groups in total. The van der Waals surface area contributed by atoms with Crippen molar-refractivity contribution in [3.63, 3.8) is 0 Å². The Hall–Kier alpha value is -1.56. The van der Waals surface area contributed by atoms with Crippen LogP contribution in [0.3, 0.4) is 0 Å². The van der Waals surface area contributed by atoms with Crippen LogP contribution >= 0.6 is 23.7 Å². The van der Waals surface area contributed by atoms with Crippen LogP contribution in [0, 0.1) is 0 Å². The van der Waals surface area contributed by atoms with Gasteiger partial charge in [-0.2, -0.15) is 4.31 Å². The van der Waals surface area contributed by atoms with Crippen LogP contribution in [0.4, 0.5) is 5.13 Å². The lowest BCUT2D eigenvalue weighted by atomic mass is 10.2. The van der Waals surface area contributed by atoms with Gasteiger partial charge in [0.2, 0.25) is 10.0 Å². The lowest BCUT2D eigenvalue weighted by Crippen LogP contribution is -2.40. The maximum absolute atomic E-state index is 12.7. The number of benzene rings is 1. The predicted octanol–water partition coefficient (Wildman–Crippen LogP) is 1.83. The zero-order valence-corrected chi connectivity index (χ0v) is 18.4. The maximum Gasteiger partial charge on any atom is 0.257 e. The molecule has 2 aromatic rings. The number of likely N-dealkylation sites (N-methyl/N-ethyl adjacent to an activating group) is 1. The van der Waals surface area contributed by atoms with E-state index < -0.39 is 10.0 Å². The normalized spacial score (nSPS) is 18.0. The first-order valence-corrected chi connectivity index (χ1v) is 11.4. The summed E-state index contributed by atoms with van der Waals surface area (Å²) >= 11 is 1.49. The number of ether oxygens (including phenoxy) is 1. The molecule has 0 saturated carbocycles. The van der Waals surface area contributed by atoms with E-state index >= 15 is 0 Å². The third-order valence-electron chi connectivity index (χ3n) is 4.87. The largest absolute Gasteiger partial charge is 0.379 e. The summed E-state index contributed by atoms with van der Waals surface area (Å²) < 4.78 is 31.9. The Morgan fingerprint density at radius 2 is 1.86 bits per heavy atom. The molecule has 3 heterocycles. The van der Waals surface area contributed by atoms with E-state index in [4.69, 9.17) is 4.74 Å². The molecule has 0 bridgehead atoms. The minimum Gasteiger partial charge on any atom is -0.379 e. The number of halogens is 1. The molecular formula is C18H23ClN4O4S2. The first-order chi connectivity index (χ1) is 13.4. The van der Waals surface area contributed by atoms with Gasteiger partial charge in [-0.05, 0) is 31.3 Å². The van der Waals surface area contributed by atoms with E-state index in [0.29, 0.717) is 37.0 Å². The number of carbonyl (C=O) groups is 1. The van der Waals surface area contributed by atoms with Crippen molar-refractivity contribution in [2.24, 2.45) is 0 Å². The van der Waals surface area contributed by atoms with Gasteiger partial charge >= 0.3 is 0 Å². The number of aromatic nitrogens is 1. The molecule has 1 aromatic carbocycles. The number of sulfonamides is 1. The van der Waals surface area contributed by atoms with Crippen LogP contribution < -0.4 is 5.32 Å². The summed E-state index contributed by atoms with van der Waals surface area (Å²) in [5.74, 6) is -0.297. The molecule has 158 valence electrons. The second-order valence-electron chi connectivity index (χ2n) is 6.87. The van der Waals surface area contributed by atoms with Gasteiger partial charge in [0.15, 0.2) is 5.13 Å². The van der Waals surface area contributed by atoms with Crippen molar-refractivity contribution < 1.29 is 17.9 Å². The Kier molecular flexibility index (Phi) is 6.92. The number of anilines is 1. The van der Waals surface area contributed by atoms with E-state index in [1.54, 1.807) is 0 Å². The number of carbonyl (C=O) groups excluding carboxylic acids is 1. The minimum absolute atomic E-state index is 0. The van der Waals surface area contributed by atoms with Crippen LogP contribution in [0.1, 0.15) is 20.9 Å². The number of nitrogens with one attached hydrogen (secondary N) is 1. The Balaban J connectivity index is 0.00000240. The van der Waals surface area contributed by atoms with Crippen molar-refractivity contribution in [2.75, 3.05) is 45.2 Å². The molecule has 4 rings (SSSR count). The fourth-order valence-corrected chi connectivity index (χ4v) is 5.75. The minimum atomic E-state index is -3.56. The van der Waals surface area contributed by atoms with E-state index in [2.05, 4.69) is 22.2 Å². The third-order valence-corrected chi connectivity index (χ3v) is 7.78. The zero-order chi connectivity index (χ0) is 19.7. The molecule has 1 amide bonds. The molecule has 1 aromatic heterocycles. The van der Waals surface area contributed by atoms with Crippen LogP contribution in [-0.4, -0.2) is 68.4 Å². The lowest BCUT2D eigenvalue weighted by Gasteiger charge is -2.26. The molecule has 2 aliphatic rings. The summed E-state index contributed by atoms with van der Waals surface area (Å²) in [5.41, 5.74) is 1.44. The summed E-state index contributed by atoms with van der Waals surface area (Å²) in [6.45, 7) is 3.28. The maximum atomic E-state index is 12.7. The van der Waals surface area contributed by atoms with Crippen molar-refractivity contribution in [3.05, 3.63) is 40.4 Å². The molecule has 0 radical (unpaired) electrons. The summed E-state index contributed by atoms with van der Waals surface area (Å²) in [6.07, 6.45) is 0.881. The average Bonchev–Trinajstić information content (AvgIpc) is 3.10. The Morgan fingerprint density at radius 3 is 2.55 bits per heavy atom. The van der Waals surface area contributed by atoms with E-state index in [1.807, 2.05) is 0 Å². The van der Waals surface area contributed by atoms with E-state index in [0.717, 1.165) is 25.2 Å². The summed E-state index contributed by atoms with van der Waals surface area (Å²) in [4.78, 5) is 20.6. The van der Waals surface area contributed by atoms with Crippen molar-refractivity contribution in [1.29, 1.82) is 0 Å². The second-order valence-corrected chi connectivity index (χ2v) is 9.89. The lowest BCUT2D eigenvalue weighted by molar-refractivity contribution is 0.0730. The number of hydrogen-bond donors (Lipinski definition) is 1. The Morgan fingerprint density at radius 1 is 1.17 bits per heavy atom. The van der Waals surface area contributed by atoms with Gasteiger partial charge in [-0.1, -0.05) is 0 Å². The Labute approximate surface area is 180 Å². The van der Waals surface area contributed by atoms with Crippen LogP contribution in [0.2, 0.25) is 0 Å². The summed E-state index contributed by atoms with van der Waals surface area (Å²) in [6, 6.07) is 6.01. The highest BCUT2D eigenvalue weighted by Gasteiger charge is 2.26. The zero-order valence-electron chi connectivity index (χ0n) is 16.0. The number of rotatable bonds is 4. The fraction of sp³-hybridized carbons (Fsp3) is 0.444. The highest BCUT2D eigenvalue weighted by atomic mass is 35.5. The van der Waals surface area contributed by atoms with Crippen molar-refractivity contribution in [3.8, 4) is 0 Å². The van der Waals surface area contributed by atoms with E-state index in [9.17, 15) is 13.2 Å². The van der Waals surface area contributed by atoms with Gasteiger partial charge in [-0.25, -0.2) is 13.4 Å². The van der Waals surface area contributed by atoms with E-state index in [1.165, 1.54) is 44.8 Å². The van der Waals surface area contributed by atoms with Crippen LogP contribution in [0.25, 0.3) is 0 Å². The molecule has 2 aliphatic heterocycles. The number of hydrogen-bond acceptors (Lipinski definition) is 7. The van der Waals surface area contributed by atoms with Crippen LogP contribution in [0.5, 0.6) is 0 Å². The van der Waals surface area contributed by atoms with Gasteiger partial charge < -0.3 is 9.64 Å². The highest BCUT2D eigenvalue weighted by molar-refractivity contribution is 7.89. The molecule has 0 unspecified atom stereocenters. The first kappa shape index (κ1) is 22.1. The van der Waals surface area contributed by atoms with Crippen LogP contribution in [0.15, 0.2) is 29.2 Å². The summed E-state index contributed by atoms with van der Waals surface area (Å²) in [7, 11) is -1.50. The highest BCUT2D eigenvalue weighted by Crippen LogP contribution is 2.28. The number of amides is 1. The predicted molar refractivity (Wildman–Crippen MR) is 113 cm³/mol. The molecule has 0 spiro atoms. The molecule has 11 heteroatoms. The van der Waals surface area contributed by atoms with Crippen molar-refractivity contribution in [2.45, 2.75) is 17.9 Å². The second kappa shape index (κ2) is 9.07. The van der Waals surface area contributed by atoms with E-state index in [-0.39, 0.29) is 23.2 Å². The van der Waals surface area contributed by atoms with Gasteiger partial charge in [0.05, 0.1) is 23.8 Å². The monoisotopic (exact) mass is 458 g/mol. The molecule has 29 heavy (non-hydrogen) atoms. The van der Waals surface area contributed by atoms with Crippen molar-refractivity contribution >= 4 is 44.8 Å². The first-order valence-electron chi connectivity index (χ1n) is 9.10. The van der Waals surface area contributed by atoms with Gasteiger partial charge in [0, 0.05) is 43.0 Å². The molecular weight excluding hydrogens is 436 g/mol. The molecule has 1 saturated heterocycles.